The van der Waals surface area contributed by atoms with Crippen molar-refractivity contribution in [1.82, 2.24) is 9.97 Å². The van der Waals surface area contributed by atoms with Crippen LogP contribution in [0.15, 0.2) is 30.3 Å². The lowest BCUT2D eigenvalue weighted by molar-refractivity contribution is 0.461. The summed E-state index contributed by atoms with van der Waals surface area (Å²) in [7, 11) is 0. The SMILES string of the molecule is CCNc1nc(C)cc(Oc2cccc(I)c2)n1. The second-order valence-corrected chi connectivity index (χ2v) is 5.01. The van der Waals surface area contributed by atoms with Gasteiger partial charge >= 0.3 is 0 Å². The van der Waals surface area contributed by atoms with Crippen molar-refractivity contribution < 1.29 is 4.74 Å². The summed E-state index contributed by atoms with van der Waals surface area (Å²) in [5, 5.41) is 3.08. The van der Waals surface area contributed by atoms with E-state index in [1.807, 2.05) is 44.2 Å². The highest BCUT2D eigenvalue weighted by atomic mass is 127. The number of rotatable bonds is 4. The topological polar surface area (TPSA) is 47.0 Å². The molecular formula is C13H14IN3O. The van der Waals surface area contributed by atoms with Crippen LogP contribution in [-0.2, 0) is 0 Å². The van der Waals surface area contributed by atoms with E-state index in [1.54, 1.807) is 0 Å². The minimum absolute atomic E-state index is 0.556. The Balaban J connectivity index is 2.23. The second-order valence-electron chi connectivity index (χ2n) is 3.76. The predicted octanol–water partition coefficient (Wildman–Crippen LogP) is 3.61. The summed E-state index contributed by atoms with van der Waals surface area (Å²) in [5.41, 5.74) is 0.876. The monoisotopic (exact) mass is 355 g/mol. The Morgan fingerprint density at radius 3 is 2.83 bits per heavy atom. The highest BCUT2D eigenvalue weighted by molar-refractivity contribution is 14.1. The number of nitrogens with one attached hydrogen (secondary N) is 1. The van der Waals surface area contributed by atoms with E-state index < -0.39 is 0 Å². The van der Waals surface area contributed by atoms with Gasteiger partial charge in [-0.05, 0) is 54.6 Å². The van der Waals surface area contributed by atoms with Gasteiger partial charge in [0.15, 0.2) is 0 Å². The van der Waals surface area contributed by atoms with Crippen LogP contribution in [0.3, 0.4) is 0 Å². The molecule has 0 unspecified atom stereocenters. The molecular weight excluding hydrogens is 341 g/mol. The number of nitrogens with zero attached hydrogens (tertiary/aromatic N) is 2. The summed E-state index contributed by atoms with van der Waals surface area (Å²) in [6.07, 6.45) is 0. The molecule has 0 bridgehead atoms. The van der Waals surface area contributed by atoms with Crippen LogP contribution in [0.25, 0.3) is 0 Å². The van der Waals surface area contributed by atoms with Crippen LogP contribution < -0.4 is 10.1 Å². The largest absolute Gasteiger partial charge is 0.439 e. The van der Waals surface area contributed by atoms with Crippen molar-refractivity contribution in [1.29, 1.82) is 0 Å². The number of anilines is 1. The minimum Gasteiger partial charge on any atom is -0.439 e. The van der Waals surface area contributed by atoms with E-state index in [4.69, 9.17) is 4.74 Å². The third-order valence-electron chi connectivity index (χ3n) is 2.18. The summed E-state index contributed by atoms with van der Waals surface area (Å²) in [6, 6.07) is 9.66. The maximum absolute atomic E-state index is 5.73. The first kappa shape index (κ1) is 13.1. The molecule has 0 spiro atoms. The molecule has 18 heavy (non-hydrogen) atoms. The van der Waals surface area contributed by atoms with E-state index in [-0.39, 0.29) is 0 Å². The van der Waals surface area contributed by atoms with Crippen LogP contribution in [0.5, 0.6) is 11.6 Å². The number of ether oxygens (including phenoxy) is 1. The number of benzene rings is 1. The predicted molar refractivity (Wildman–Crippen MR) is 80.2 cm³/mol. The van der Waals surface area contributed by atoms with E-state index in [1.165, 1.54) is 0 Å². The van der Waals surface area contributed by atoms with E-state index >= 15 is 0 Å². The molecule has 4 nitrogen and oxygen atoms in total. The molecule has 1 aromatic carbocycles. The number of hydrogen-bond acceptors (Lipinski definition) is 4. The first-order valence-corrected chi connectivity index (χ1v) is 6.78. The molecule has 0 saturated carbocycles. The average molecular weight is 355 g/mol. The van der Waals surface area contributed by atoms with Crippen LogP contribution >= 0.6 is 22.6 Å². The van der Waals surface area contributed by atoms with Crippen LogP contribution in [0.4, 0.5) is 5.95 Å². The van der Waals surface area contributed by atoms with E-state index in [2.05, 4.69) is 37.9 Å². The van der Waals surface area contributed by atoms with Crippen LogP contribution in [-0.4, -0.2) is 16.5 Å². The zero-order valence-corrected chi connectivity index (χ0v) is 12.4. The summed E-state index contributed by atoms with van der Waals surface area (Å²) in [5.74, 6) is 1.93. The lowest BCUT2D eigenvalue weighted by Gasteiger charge is -2.08. The number of aromatic nitrogens is 2. The first-order chi connectivity index (χ1) is 8.67. The van der Waals surface area contributed by atoms with E-state index in [0.29, 0.717) is 11.8 Å². The Kier molecular flexibility index (Phi) is 4.35. The van der Waals surface area contributed by atoms with Crippen molar-refractivity contribution in [3.63, 3.8) is 0 Å². The molecule has 0 atom stereocenters. The maximum Gasteiger partial charge on any atom is 0.226 e. The molecule has 5 heteroatoms. The van der Waals surface area contributed by atoms with Gasteiger partial charge in [-0.3, -0.25) is 0 Å². The second kappa shape index (κ2) is 5.99. The lowest BCUT2D eigenvalue weighted by atomic mass is 10.3. The zero-order chi connectivity index (χ0) is 13.0. The molecule has 0 fully saturated rings. The van der Waals surface area contributed by atoms with Gasteiger partial charge in [0.2, 0.25) is 11.8 Å². The van der Waals surface area contributed by atoms with Crippen LogP contribution in [0.2, 0.25) is 0 Å². The van der Waals surface area contributed by atoms with Crippen molar-refractivity contribution in [2.24, 2.45) is 0 Å². The van der Waals surface area contributed by atoms with Crippen molar-refractivity contribution in [3.05, 3.63) is 39.6 Å². The fourth-order valence-corrected chi connectivity index (χ4v) is 1.99. The Morgan fingerprint density at radius 2 is 2.11 bits per heavy atom. The van der Waals surface area contributed by atoms with Crippen LogP contribution in [0, 0.1) is 10.5 Å². The van der Waals surface area contributed by atoms with Gasteiger partial charge in [-0.25, -0.2) is 4.98 Å². The molecule has 1 N–H and O–H groups in total. The lowest BCUT2D eigenvalue weighted by Crippen LogP contribution is -2.03. The molecule has 0 radical (unpaired) electrons. The van der Waals surface area contributed by atoms with Gasteiger partial charge < -0.3 is 10.1 Å². The summed E-state index contributed by atoms with van der Waals surface area (Å²) >= 11 is 2.25. The van der Waals surface area contributed by atoms with Gasteiger partial charge in [0.25, 0.3) is 0 Å². The molecule has 94 valence electrons. The Hall–Kier alpha value is -1.37. The smallest absolute Gasteiger partial charge is 0.226 e. The van der Waals surface area contributed by atoms with E-state index in [9.17, 15) is 0 Å². The normalized spacial score (nSPS) is 10.2. The maximum atomic E-state index is 5.73. The van der Waals surface area contributed by atoms with Gasteiger partial charge in [-0.2, -0.15) is 4.98 Å². The van der Waals surface area contributed by atoms with E-state index in [0.717, 1.165) is 21.6 Å². The fourth-order valence-electron chi connectivity index (χ4n) is 1.48. The highest BCUT2D eigenvalue weighted by Crippen LogP contribution is 2.22. The molecule has 0 amide bonds. The Labute approximate surface area is 120 Å². The molecule has 0 aliphatic heterocycles. The molecule has 1 aromatic heterocycles. The van der Waals surface area contributed by atoms with Crippen molar-refractivity contribution in [2.75, 3.05) is 11.9 Å². The van der Waals surface area contributed by atoms with Gasteiger partial charge in [0.1, 0.15) is 5.75 Å². The van der Waals surface area contributed by atoms with Gasteiger partial charge in [0, 0.05) is 21.9 Å². The summed E-state index contributed by atoms with van der Waals surface area (Å²) < 4.78 is 6.86. The number of hydrogen-bond donors (Lipinski definition) is 1. The highest BCUT2D eigenvalue weighted by Gasteiger charge is 2.04. The summed E-state index contributed by atoms with van der Waals surface area (Å²) in [4.78, 5) is 8.58. The molecule has 2 rings (SSSR count). The van der Waals surface area contributed by atoms with Gasteiger partial charge in [-0.1, -0.05) is 6.07 Å². The molecule has 0 aliphatic rings. The Morgan fingerprint density at radius 1 is 1.28 bits per heavy atom. The van der Waals surface area contributed by atoms with Gasteiger partial charge in [-0.15, -0.1) is 0 Å². The standard InChI is InChI=1S/C13H14IN3O/c1-3-15-13-16-9(2)7-12(17-13)18-11-6-4-5-10(14)8-11/h4-8H,3H2,1-2H3,(H,15,16,17). The number of halogens is 1. The van der Waals surface area contributed by atoms with Gasteiger partial charge in [0.05, 0.1) is 0 Å². The quantitative estimate of drug-likeness (QED) is 0.852. The van der Waals surface area contributed by atoms with Crippen LogP contribution in [0.1, 0.15) is 12.6 Å². The fraction of sp³-hybridized carbons (Fsp3) is 0.231. The van der Waals surface area contributed by atoms with Crippen molar-refractivity contribution in [3.8, 4) is 11.6 Å². The zero-order valence-electron chi connectivity index (χ0n) is 10.3. The molecule has 2 aromatic rings. The Bertz CT molecular complexity index is 546. The molecule has 0 saturated heterocycles. The minimum atomic E-state index is 0.556. The third-order valence-corrected chi connectivity index (χ3v) is 2.86. The third kappa shape index (κ3) is 3.56. The molecule has 1 heterocycles. The van der Waals surface area contributed by atoms with Crippen molar-refractivity contribution in [2.45, 2.75) is 13.8 Å². The average Bonchev–Trinajstić information content (AvgIpc) is 2.28. The number of aryl methyl sites for hydroxylation is 1. The summed E-state index contributed by atoms with van der Waals surface area (Å²) in [6.45, 7) is 4.71. The molecule has 0 aliphatic carbocycles. The van der Waals surface area contributed by atoms with Crippen molar-refractivity contribution >= 4 is 28.5 Å². The first-order valence-electron chi connectivity index (χ1n) is 5.70.